The Bertz CT molecular complexity index is 1400. The Hall–Kier alpha value is -4.39. The minimum absolute atomic E-state index is 0.241. The number of aromatic nitrogens is 1. The minimum atomic E-state index is -0.758. The second-order valence-electron chi connectivity index (χ2n) is 9.07. The van der Waals surface area contributed by atoms with E-state index >= 15 is 0 Å². The summed E-state index contributed by atoms with van der Waals surface area (Å²) in [4.78, 5) is 26.2. The molecule has 1 aliphatic carbocycles. The fourth-order valence-corrected chi connectivity index (χ4v) is 4.61. The van der Waals surface area contributed by atoms with Crippen LogP contribution in [0.25, 0.3) is 22.5 Å². The minimum Gasteiger partial charge on any atom is -0.481 e. The molecule has 1 heterocycles. The van der Waals surface area contributed by atoms with Gasteiger partial charge in [-0.25, -0.2) is 9.69 Å². The van der Waals surface area contributed by atoms with Crippen molar-refractivity contribution in [3.8, 4) is 22.5 Å². The summed E-state index contributed by atoms with van der Waals surface area (Å²) >= 11 is 0. The Balaban J connectivity index is 1.49. The number of carbonyl (C=O) groups excluding carboxylic acids is 1. The third-order valence-electron chi connectivity index (χ3n) is 6.84. The highest BCUT2D eigenvalue weighted by Crippen LogP contribution is 2.48. The van der Waals surface area contributed by atoms with Crippen molar-refractivity contribution < 1.29 is 24.0 Å². The Morgan fingerprint density at radius 1 is 0.919 bits per heavy atom. The molecule has 0 spiro atoms. The largest absolute Gasteiger partial charge is 0.481 e. The highest BCUT2D eigenvalue weighted by Gasteiger charge is 2.51. The first-order valence-electron chi connectivity index (χ1n) is 12.4. The second kappa shape index (κ2) is 9.93. The number of amides is 1. The number of carbonyl (C=O) groups is 2. The van der Waals surface area contributed by atoms with Gasteiger partial charge in [0, 0.05) is 5.56 Å². The number of carboxylic acid groups (broad SMARTS) is 1. The Labute approximate surface area is 215 Å². The van der Waals surface area contributed by atoms with Crippen molar-refractivity contribution in [2.75, 3.05) is 11.5 Å². The average molecular weight is 497 g/mol. The van der Waals surface area contributed by atoms with Crippen LogP contribution in [0.1, 0.15) is 37.9 Å². The number of carboxylic acids is 1. The highest BCUT2D eigenvalue weighted by atomic mass is 16.6. The first-order valence-corrected chi connectivity index (χ1v) is 12.4. The van der Waals surface area contributed by atoms with Crippen molar-refractivity contribution in [1.82, 2.24) is 5.16 Å². The molecule has 0 atom stereocenters. The van der Waals surface area contributed by atoms with E-state index in [9.17, 15) is 14.7 Å². The molecule has 1 fully saturated rings. The number of rotatable bonds is 8. The Morgan fingerprint density at radius 2 is 1.51 bits per heavy atom. The van der Waals surface area contributed by atoms with Crippen LogP contribution in [-0.2, 0) is 21.4 Å². The van der Waals surface area contributed by atoms with Crippen LogP contribution in [0.15, 0.2) is 83.4 Å². The molecular weight excluding hydrogens is 468 g/mol. The van der Waals surface area contributed by atoms with E-state index in [0.717, 1.165) is 22.3 Å². The molecule has 4 aromatic rings. The van der Waals surface area contributed by atoms with Gasteiger partial charge in [0.15, 0.2) is 5.76 Å². The van der Waals surface area contributed by atoms with Gasteiger partial charge in [-0.05, 0) is 55.0 Å². The lowest BCUT2D eigenvalue weighted by atomic mass is 9.93. The van der Waals surface area contributed by atoms with Gasteiger partial charge in [0.25, 0.3) is 0 Å². The molecule has 188 valence electrons. The van der Waals surface area contributed by atoms with Crippen molar-refractivity contribution in [2.45, 2.75) is 38.5 Å². The normalized spacial score (nSPS) is 13.7. The molecule has 1 aliphatic rings. The summed E-state index contributed by atoms with van der Waals surface area (Å²) in [5.41, 5.74) is 4.75. The van der Waals surface area contributed by atoms with E-state index in [1.165, 1.54) is 4.90 Å². The predicted molar refractivity (Wildman–Crippen MR) is 141 cm³/mol. The topological polar surface area (TPSA) is 92.9 Å². The third-order valence-corrected chi connectivity index (χ3v) is 6.84. The quantitative estimate of drug-likeness (QED) is 0.283. The van der Waals surface area contributed by atoms with E-state index in [1.807, 2.05) is 85.8 Å². The Morgan fingerprint density at radius 3 is 2.05 bits per heavy atom. The molecule has 0 aliphatic heterocycles. The van der Waals surface area contributed by atoms with Crippen molar-refractivity contribution >= 4 is 23.4 Å². The fourth-order valence-electron chi connectivity index (χ4n) is 4.61. The highest BCUT2D eigenvalue weighted by molar-refractivity contribution is 6.00. The van der Waals surface area contributed by atoms with Gasteiger partial charge < -0.3 is 14.4 Å². The van der Waals surface area contributed by atoms with E-state index in [4.69, 9.17) is 9.26 Å². The summed E-state index contributed by atoms with van der Waals surface area (Å²) < 4.78 is 11.2. The smallest absolute Gasteiger partial charge is 0.419 e. The molecule has 1 aromatic heterocycles. The van der Waals surface area contributed by atoms with Crippen LogP contribution in [0.4, 0.5) is 16.2 Å². The second-order valence-corrected chi connectivity index (χ2v) is 9.07. The van der Waals surface area contributed by atoms with Gasteiger partial charge in [-0.1, -0.05) is 78.8 Å². The molecule has 0 bridgehead atoms. The fraction of sp³-hybridized carbons (Fsp3) is 0.233. The first-order chi connectivity index (χ1) is 18.0. The number of nitrogens with zero attached hydrogens (tertiary/aromatic N) is 2. The predicted octanol–water partition coefficient (Wildman–Crippen LogP) is 6.98. The summed E-state index contributed by atoms with van der Waals surface area (Å²) in [6.45, 7) is 3.97. The Kier molecular flexibility index (Phi) is 6.53. The van der Waals surface area contributed by atoms with Gasteiger partial charge in [-0.3, -0.25) is 4.79 Å². The first kappa shape index (κ1) is 24.3. The number of ether oxygens (including phenoxy) is 1. The van der Waals surface area contributed by atoms with Gasteiger partial charge in [0.05, 0.1) is 17.7 Å². The summed E-state index contributed by atoms with van der Waals surface area (Å²) in [5.74, 6) is -0.279. The lowest BCUT2D eigenvalue weighted by molar-refractivity contribution is -0.140. The summed E-state index contributed by atoms with van der Waals surface area (Å²) in [5, 5.41) is 13.8. The average Bonchev–Trinajstić information content (AvgIpc) is 3.65. The van der Waals surface area contributed by atoms with Crippen molar-refractivity contribution in [3.63, 3.8) is 0 Å². The van der Waals surface area contributed by atoms with E-state index in [1.54, 1.807) is 6.92 Å². The molecule has 5 rings (SSSR count). The summed E-state index contributed by atoms with van der Waals surface area (Å²) in [6, 6.07) is 24.8. The molecule has 0 radical (unpaired) electrons. The van der Waals surface area contributed by atoms with E-state index in [2.05, 4.69) is 5.16 Å². The van der Waals surface area contributed by atoms with Gasteiger partial charge in [-0.15, -0.1) is 0 Å². The molecule has 3 aromatic carbocycles. The molecule has 1 saturated carbocycles. The van der Waals surface area contributed by atoms with Crippen LogP contribution >= 0.6 is 0 Å². The molecule has 0 saturated heterocycles. The standard InChI is InChI=1S/C30H28N2O5/c1-3-25-26(32(29(35)36-4-2)24-8-6-5-7-9-24)27(37-31-25)22-12-10-20(11-13-22)21-14-16-23(17-15-21)30(18-19-30)28(33)34/h5-17H,3-4,18-19H2,1-2H3,(H,33,34). The van der Waals surface area contributed by atoms with Crippen LogP contribution in [-0.4, -0.2) is 28.9 Å². The van der Waals surface area contributed by atoms with Crippen LogP contribution in [0.2, 0.25) is 0 Å². The maximum absolute atomic E-state index is 13.1. The van der Waals surface area contributed by atoms with Crippen LogP contribution in [0.5, 0.6) is 0 Å². The summed E-state index contributed by atoms with van der Waals surface area (Å²) in [6.07, 6.45) is 1.44. The van der Waals surface area contributed by atoms with E-state index < -0.39 is 17.5 Å². The number of hydrogen-bond acceptors (Lipinski definition) is 5. The van der Waals surface area contributed by atoms with Gasteiger partial charge in [0.1, 0.15) is 11.4 Å². The maximum Gasteiger partial charge on any atom is 0.419 e. The zero-order valence-electron chi connectivity index (χ0n) is 20.8. The van der Waals surface area contributed by atoms with Crippen molar-refractivity contribution in [1.29, 1.82) is 0 Å². The van der Waals surface area contributed by atoms with Crippen LogP contribution < -0.4 is 4.90 Å². The number of hydrogen-bond donors (Lipinski definition) is 1. The van der Waals surface area contributed by atoms with Crippen molar-refractivity contribution in [2.24, 2.45) is 0 Å². The number of aryl methyl sites for hydroxylation is 1. The molecule has 7 heteroatoms. The monoisotopic (exact) mass is 496 g/mol. The molecule has 37 heavy (non-hydrogen) atoms. The maximum atomic E-state index is 13.1. The molecule has 1 N–H and O–H groups in total. The third kappa shape index (κ3) is 4.48. The lowest BCUT2D eigenvalue weighted by Crippen LogP contribution is -2.27. The van der Waals surface area contributed by atoms with E-state index in [0.29, 0.717) is 42.1 Å². The van der Waals surface area contributed by atoms with Gasteiger partial charge >= 0.3 is 12.1 Å². The van der Waals surface area contributed by atoms with Gasteiger partial charge in [0.2, 0.25) is 0 Å². The molecule has 0 unspecified atom stereocenters. The van der Waals surface area contributed by atoms with Gasteiger partial charge in [-0.2, -0.15) is 0 Å². The molecule has 1 amide bonds. The van der Waals surface area contributed by atoms with Crippen molar-refractivity contribution in [3.05, 3.63) is 90.1 Å². The number of aliphatic carboxylic acids is 1. The molecule has 7 nitrogen and oxygen atoms in total. The summed E-state index contributed by atoms with van der Waals surface area (Å²) in [7, 11) is 0. The molecular formula is C30H28N2O5. The number of para-hydroxylation sites is 1. The van der Waals surface area contributed by atoms with E-state index in [-0.39, 0.29) is 6.61 Å². The zero-order valence-corrected chi connectivity index (χ0v) is 20.8. The number of anilines is 2. The zero-order chi connectivity index (χ0) is 26.0. The SMILES string of the molecule is CCOC(=O)N(c1ccccc1)c1c(CC)noc1-c1ccc(-c2ccc(C3(C(=O)O)CC3)cc2)cc1. The van der Waals surface area contributed by atoms with Crippen LogP contribution in [0, 0.1) is 0 Å². The number of benzene rings is 3. The van der Waals surface area contributed by atoms with Crippen LogP contribution in [0.3, 0.4) is 0 Å². The lowest BCUT2D eigenvalue weighted by Gasteiger charge is -2.22.